The van der Waals surface area contributed by atoms with Crippen LogP contribution >= 0.6 is 0 Å². The highest BCUT2D eigenvalue weighted by atomic mass is 16.6. The molecular weight excluding hydrogens is 853 g/mol. The molecule has 0 aliphatic rings. The van der Waals surface area contributed by atoms with Crippen molar-refractivity contribution in [2.45, 2.75) is 368 Å². The van der Waals surface area contributed by atoms with Crippen LogP contribution in [0.15, 0.2) is 0 Å². The molecule has 6 heteroatoms. The fourth-order valence-corrected chi connectivity index (χ4v) is 9.81. The van der Waals surface area contributed by atoms with Gasteiger partial charge in [0.05, 0.1) is 0 Å². The number of carbonyl (C=O) groups is 3. The van der Waals surface area contributed by atoms with Crippen LogP contribution in [-0.4, -0.2) is 37.2 Å². The van der Waals surface area contributed by atoms with Crippen molar-refractivity contribution < 1.29 is 28.6 Å². The van der Waals surface area contributed by atoms with E-state index in [0.717, 1.165) is 63.7 Å². The van der Waals surface area contributed by atoms with Crippen LogP contribution in [0.1, 0.15) is 362 Å². The summed E-state index contributed by atoms with van der Waals surface area (Å²) < 4.78 is 16.9. The van der Waals surface area contributed by atoms with E-state index in [4.69, 9.17) is 14.2 Å². The van der Waals surface area contributed by atoms with Gasteiger partial charge in [0.1, 0.15) is 13.2 Å². The lowest BCUT2D eigenvalue weighted by atomic mass is 10.0. The van der Waals surface area contributed by atoms with Crippen molar-refractivity contribution in [2.24, 2.45) is 5.92 Å². The average Bonchev–Trinajstić information content (AvgIpc) is 3.34. The molecule has 0 fully saturated rings. The molecule has 0 saturated carbocycles. The zero-order valence-corrected chi connectivity index (χ0v) is 47.3. The van der Waals surface area contributed by atoms with Gasteiger partial charge in [0, 0.05) is 19.3 Å². The summed E-state index contributed by atoms with van der Waals surface area (Å²) in [6.07, 6.45) is 63.9. The molecule has 410 valence electrons. The molecular formula is C63H122O6. The third-order valence-electron chi connectivity index (χ3n) is 14.5. The van der Waals surface area contributed by atoms with Crippen LogP contribution < -0.4 is 0 Å². The molecule has 0 unspecified atom stereocenters. The molecule has 69 heavy (non-hydrogen) atoms. The van der Waals surface area contributed by atoms with Crippen molar-refractivity contribution in [3.05, 3.63) is 0 Å². The van der Waals surface area contributed by atoms with E-state index in [2.05, 4.69) is 27.7 Å². The number of rotatable bonds is 58. The summed E-state index contributed by atoms with van der Waals surface area (Å²) >= 11 is 0. The van der Waals surface area contributed by atoms with Crippen molar-refractivity contribution in [3.63, 3.8) is 0 Å². The second-order valence-electron chi connectivity index (χ2n) is 22.2. The normalized spacial score (nSPS) is 12.0. The van der Waals surface area contributed by atoms with Gasteiger partial charge in [0.25, 0.3) is 0 Å². The Hall–Kier alpha value is -1.59. The number of esters is 3. The van der Waals surface area contributed by atoms with E-state index in [0.29, 0.717) is 19.3 Å². The summed E-state index contributed by atoms with van der Waals surface area (Å²) in [5.41, 5.74) is 0. The molecule has 0 saturated heterocycles. The molecule has 0 spiro atoms. The van der Waals surface area contributed by atoms with Crippen molar-refractivity contribution in [3.8, 4) is 0 Å². The maximum Gasteiger partial charge on any atom is 0.306 e. The van der Waals surface area contributed by atoms with Crippen LogP contribution in [0, 0.1) is 5.92 Å². The van der Waals surface area contributed by atoms with Crippen molar-refractivity contribution in [1.29, 1.82) is 0 Å². The molecule has 0 rings (SSSR count). The highest BCUT2D eigenvalue weighted by molar-refractivity contribution is 5.71. The second-order valence-corrected chi connectivity index (χ2v) is 22.2. The van der Waals surface area contributed by atoms with Crippen LogP contribution in [0.25, 0.3) is 0 Å². The predicted octanol–water partition coefficient (Wildman–Crippen LogP) is 21.0. The minimum atomic E-state index is -0.762. The van der Waals surface area contributed by atoms with Gasteiger partial charge in [-0.2, -0.15) is 0 Å². The third-order valence-corrected chi connectivity index (χ3v) is 14.5. The van der Waals surface area contributed by atoms with Gasteiger partial charge in [-0.05, 0) is 25.2 Å². The Morgan fingerprint density at radius 2 is 0.478 bits per heavy atom. The molecule has 0 aromatic carbocycles. The first-order valence-electron chi connectivity index (χ1n) is 31.4. The molecule has 0 aromatic heterocycles. The maximum absolute atomic E-state index is 12.9. The van der Waals surface area contributed by atoms with E-state index in [1.807, 2.05) is 0 Å². The van der Waals surface area contributed by atoms with E-state index in [9.17, 15) is 14.4 Å². The van der Waals surface area contributed by atoms with E-state index >= 15 is 0 Å². The first kappa shape index (κ1) is 67.4. The monoisotopic (exact) mass is 975 g/mol. The fraction of sp³-hybridized carbons (Fsp3) is 0.952. The van der Waals surface area contributed by atoms with Gasteiger partial charge in [-0.25, -0.2) is 0 Å². The minimum absolute atomic E-state index is 0.0612. The highest BCUT2D eigenvalue weighted by Gasteiger charge is 2.19. The maximum atomic E-state index is 12.9. The smallest absolute Gasteiger partial charge is 0.306 e. The van der Waals surface area contributed by atoms with Crippen LogP contribution in [0.3, 0.4) is 0 Å². The van der Waals surface area contributed by atoms with Gasteiger partial charge in [-0.1, -0.05) is 323 Å². The van der Waals surface area contributed by atoms with Crippen molar-refractivity contribution in [2.75, 3.05) is 13.2 Å². The predicted molar refractivity (Wildman–Crippen MR) is 298 cm³/mol. The molecule has 0 heterocycles. The standard InChI is InChI=1S/C63H122O6/c1-5-7-9-11-13-15-17-19-21-22-23-24-26-30-34-38-42-46-50-54-61(64)67-57-60(69-63(66)56-52-48-44-40-36-32-25-20-18-16-14-12-10-8-6-2)58-68-62(65)55-51-47-43-39-35-31-28-27-29-33-37-41-45-49-53-59(3)4/h59-60H,5-58H2,1-4H3/t60-/m0/s1. The van der Waals surface area contributed by atoms with Crippen LogP contribution in [0.4, 0.5) is 0 Å². The van der Waals surface area contributed by atoms with Gasteiger partial charge in [-0.15, -0.1) is 0 Å². The summed E-state index contributed by atoms with van der Waals surface area (Å²) in [4.78, 5) is 38.3. The van der Waals surface area contributed by atoms with Crippen LogP contribution in [-0.2, 0) is 28.6 Å². The highest BCUT2D eigenvalue weighted by Crippen LogP contribution is 2.19. The fourth-order valence-electron chi connectivity index (χ4n) is 9.81. The minimum Gasteiger partial charge on any atom is -0.462 e. The molecule has 0 aromatic rings. The average molecular weight is 976 g/mol. The Morgan fingerprint density at radius 1 is 0.275 bits per heavy atom. The third kappa shape index (κ3) is 57.2. The Bertz CT molecular complexity index is 1040. The number of hydrogen-bond acceptors (Lipinski definition) is 6. The van der Waals surface area contributed by atoms with E-state index in [-0.39, 0.29) is 31.1 Å². The number of hydrogen-bond donors (Lipinski definition) is 0. The molecule has 0 bridgehead atoms. The lowest BCUT2D eigenvalue weighted by molar-refractivity contribution is -0.167. The lowest BCUT2D eigenvalue weighted by Gasteiger charge is -2.18. The van der Waals surface area contributed by atoms with Gasteiger partial charge in [0.2, 0.25) is 0 Å². The van der Waals surface area contributed by atoms with Crippen molar-refractivity contribution >= 4 is 17.9 Å². The molecule has 0 radical (unpaired) electrons. The Kier molecular flexibility index (Phi) is 56.0. The molecule has 1 atom stereocenters. The van der Waals surface area contributed by atoms with Gasteiger partial charge in [-0.3, -0.25) is 14.4 Å². The number of carbonyl (C=O) groups excluding carboxylic acids is 3. The number of ether oxygens (including phenoxy) is 3. The second kappa shape index (κ2) is 57.3. The zero-order valence-electron chi connectivity index (χ0n) is 47.3. The summed E-state index contributed by atoms with van der Waals surface area (Å²) in [7, 11) is 0. The first-order chi connectivity index (χ1) is 33.9. The first-order valence-corrected chi connectivity index (χ1v) is 31.4. The van der Waals surface area contributed by atoms with Crippen LogP contribution in [0.5, 0.6) is 0 Å². The van der Waals surface area contributed by atoms with Gasteiger partial charge in [0.15, 0.2) is 6.10 Å². The number of unbranched alkanes of at least 4 members (excludes halogenated alkanes) is 45. The quantitative estimate of drug-likeness (QED) is 0.0343. The zero-order chi connectivity index (χ0) is 50.2. The van der Waals surface area contributed by atoms with Crippen molar-refractivity contribution in [1.82, 2.24) is 0 Å². The summed E-state index contributed by atoms with van der Waals surface area (Å²) in [5.74, 6) is 0.0159. The van der Waals surface area contributed by atoms with Gasteiger partial charge >= 0.3 is 17.9 Å². The van der Waals surface area contributed by atoms with E-state index in [1.165, 1.54) is 257 Å². The topological polar surface area (TPSA) is 78.9 Å². The molecule has 0 aliphatic carbocycles. The Balaban J connectivity index is 4.27. The molecule has 0 amide bonds. The molecule has 0 N–H and O–H groups in total. The molecule has 0 aliphatic heterocycles. The Labute approximate surface area is 431 Å². The molecule has 6 nitrogen and oxygen atoms in total. The van der Waals surface area contributed by atoms with E-state index < -0.39 is 6.10 Å². The van der Waals surface area contributed by atoms with E-state index in [1.54, 1.807) is 0 Å². The lowest BCUT2D eigenvalue weighted by Crippen LogP contribution is -2.30. The Morgan fingerprint density at radius 3 is 0.710 bits per heavy atom. The summed E-state index contributed by atoms with van der Waals surface area (Å²) in [6, 6.07) is 0. The summed E-state index contributed by atoms with van der Waals surface area (Å²) in [5, 5.41) is 0. The SMILES string of the molecule is CCCCCCCCCCCCCCCCCCCCCC(=O)OC[C@@H](COC(=O)CCCCCCCCCCCCCCCCC(C)C)OC(=O)CCCCCCCCCCCCCCCCC. The summed E-state index contributed by atoms with van der Waals surface area (Å²) in [6.45, 7) is 9.09. The van der Waals surface area contributed by atoms with Gasteiger partial charge < -0.3 is 14.2 Å². The van der Waals surface area contributed by atoms with Crippen LogP contribution in [0.2, 0.25) is 0 Å². The largest absolute Gasteiger partial charge is 0.462 e.